The standard InChI is InChI=1S/C18H21FN2/c1-17-6-11-4-12(7-17)9-18(8-11,10-17)16-20-14-3-2-13(19)5-15(14)21-16/h2-3,5,11-12H,4,6-10H2,1H3,(H,20,21). The average Bonchev–Trinajstić information content (AvgIpc) is 2.79. The lowest BCUT2D eigenvalue weighted by molar-refractivity contribution is -0.0644. The zero-order valence-electron chi connectivity index (χ0n) is 12.5. The van der Waals surface area contributed by atoms with Crippen molar-refractivity contribution in [1.29, 1.82) is 0 Å². The summed E-state index contributed by atoms with van der Waals surface area (Å²) in [7, 11) is 0. The first-order valence-electron chi connectivity index (χ1n) is 8.20. The number of halogens is 1. The Hall–Kier alpha value is -1.38. The van der Waals surface area contributed by atoms with Crippen molar-refractivity contribution in [3.05, 3.63) is 29.8 Å². The molecule has 0 aliphatic heterocycles. The molecule has 4 saturated carbocycles. The zero-order valence-corrected chi connectivity index (χ0v) is 12.5. The summed E-state index contributed by atoms with van der Waals surface area (Å²) in [6, 6.07) is 4.88. The van der Waals surface area contributed by atoms with Crippen LogP contribution in [-0.4, -0.2) is 9.97 Å². The Labute approximate surface area is 124 Å². The SMILES string of the molecule is CC12CC3CC(C1)CC(c1nc4ccc(F)cc4[nH]1)(C3)C2. The van der Waals surface area contributed by atoms with Crippen LogP contribution in [0.3, 0.4) is 0 Å². The van der Waals surface area contributed by atoms with Gasteiger partial charge in [-0.25, -0.2) is 9.37 Å². The average molecular weight is 284 g/mol. The van der Waals surface area contributed by atoms with E-state index in [4.69, 9.17) is 4.98 Å². The van der Waals surface area contributed by atoms with Crippen LogP contribution in [0.1, 0.15) is 51.3 Å². The fraction of sp³-hybridized carbons (Fsp3) is 0.611. The van der Waals surface area contributed by atoms with E-state index in [9.17, 15) is 4.39 Å². The van der Waals surface area contributed by atoms with Gasteiger partial charge in [0.2, 0.25) is 0 Å². The summed E-state index contributed by atoms with van der Waals surface area (Å²) in [5.74, 6) is 2.70. The molecule has 3 heteroatoms. The van der Waals surface area contributed by atoms with E-state index in [-0.39, 0.29) is 11.2 Å². The van der Waals surface area contributed by atoms with Crippen LogP contribution in [-0.2, 0) is 5.41 Å². The van der Waals surface area contributed by atoms with Crippen LogP contribution in [0.2, 0.25) is 0 Å². The highest BCUT2D eigenvalue weighted by Crippen LogP contribution is 2.65. The molecule has 110 valence electrons. The van der Waals surface area contributed by atoms with Crippen molar-refractivity contribution in [3.63, 3.8) is 0 Å². The first kappa shape index (κ1) is 12.2. The minimum absolute atomic E-state index is 0.185. The summed E-state index contributed by atoms with van der Waals surface area (Å²) in [4.78, 5) is 8.31. The number of benzene rings is 1. The topological polar surface area (TPSA) is 28.7 Å². The lowest BCUT2D eigenvalue weighted by Gasteiger charge is -2.60. The molecule has 21 heavy (non-hydrogen) atoms. The largest absolute Gasteiger partial charge is 0.341 e. The second kappa shape index (κ2) is 3.68. The normalized spacial score (nSPS) is 41.0. The predicted molar refractivity (Wildman–Crippen MR) is 80.5 cm³/mol. The van der Waals surface area contributed by atoms with Gasteiger partial charge in [-0.3, -0.25) is 0 Å². The third-order valence-corrected chi connectivity index (χ3v) is 6.30. The smallest absolute Gasteiger partial charge is 0.125 e. The Balaban J connectivity index is 1.64. The van der Waals surface area contributed by atoms with Gasteiger partial charge >= 0.3 is 0 Å². The minimum Gasteiger partial charge on any atom is -0.341 e. The molecule has 1 heterocycles. The van der Waals surface area contributed by atoms with E-state index in [1.54, 1.807) is 12.1 Å². The van der Waals surface area contributed by atoms with E-state index < -0.39 is 0 Å². The van der Waals surface area contributed by atoms with Gasteiger partial charge in [0, 0.05) is 5.41 Å². The Bertz CT molecular complexity index is 718. The van der Waals surface area contributed by atoms with E-state index in [1.807, 2.05) is 0 Å². The van der Waals surface area contributed by atoms with Gasteiger partial charge in [-0.15, -0.1) is 0 Å². The Kier molecular flexibility index (Phi) is 2.14. The predicted octanol–water partition coefficient (Wildman–Crippen LogP) is 4.56. The number of rotatable bonds is 1. The van der Waals surface area contributed by atoms with Gasteiger partial charge in [-0.05, 0) is 74.0 Å². The zero-order chi connectivity index (χ0) is 14.2. The summed E-state index contributed by atoms with van der Waals surface area (Å²) in [5, 5.41) is 0. The van der Waals surface area contributed by atoms with E-state index >= 15 is 0 Å². The molecule has 4 fully saturated rings. The van der Waals surface area contributed by atoms with Crippen molar-refractivity contribution in [2.24, 2.45) is 17.3 Å². The Morgan fingerprint density at radius 3 is 2.67 bits per heavy atom. The molecule has 2 nitrogen and oxygen atoms in total. The maximum absolute atomic E-state index is 13.4. The van der Waals surface area contributed by atoms with Crippen LogP contribution in [0.15, 0.2) is 18.2 Å². The first-order valence-corrected chi connectivity index (χ1v) is 8.20. The molecule has 0 spiro atoms. The molecule has 1 N–H and O–H groups in total. The molecule has 0 saturated heterocycles. The van der Waals surface area contributed by atoms with Crippen LogP contribution in [0.5, 0.6) is 0 Å². The van der Waals surface area contributed by atoms with Crippen molar-refractivity contribution in [1.82, 2.24) is 9.97 Å². The second-order valence-electron chi connectivity index (χ2n) is 8.30. The van der Waals surface area contributed by atoms with Gasteiger partial charge in [-0.2, -0.15) is 0 Å². The molecular formula is C18H21FN2. The molecule has 0 amide bonds. The molecule has 2 aromatic rings. The summed E-state index contributed by atoms with van der Waals surface area (Å²) >= 11 is 0. The quantitative estimate of drug-likeness (QED) is 0.817. The number of hydrogen-bond acceptors (Lipinski definition) is 1. The van der Waals surface area contributed by atoms with Crippen LogP contribution in [0.25, 0.3) is 11.0 Å². The second-order valence-corrected chi connectivity index (χ2v) is 8.30. The molecule has 1 aromatic heterocycles. The molecule has 1 aromatic carbocycles. The van der Waals surface area contributed by atoms with E-state index in [2.05, 4.69) is 11.9 Å². The summed E-state index contributed by atoms with van der Waals surface area (Å²) in [5.41, 5.74) is 2.50. The molecule has 6 rings (SSSR count). The number of fused-ring (bicyclic) bond motifs is 1. The van der Waals surface area contributed by atoms with Gasteiger partial charge in [0.05, 0.1) is 11.0 Å². The van der Waals surface area contributed by atoms with Crippen molar-refractivity contribution >= 4 is 11.0 Å². The number of aromatic nitrogens is 2. The van der Waals surface area contributed by atoms with Crippen molar-refractivity contribution in [3.8, 4) is 0 Å². The Morgan fingerprint density at radius 2 is 1.95 bits per heavy atom. The maximum Gasteiger partial charge on any atom is 0.125 e. The monoisotopic (exact) mass is 284 g/mol. The molecular weight excluding hydrogens is 263 g/mol. The lowest BCUT2D eigenvalue weighted by Crippen LogP contribution is -2.53. The molecule has 2 atom stereocenters. The van der Waals surface area contributed by atoms with Crippen molar-refractivity contribution < 1.29 is 4.39 Å². The number of imidazole rings is 1. The van der Waals surface area contributed by atoms with Gasteiger partial charge < -0.3 is 4.98 Å². The minimum atomic E-state index is -0.185. The van der Waals surface area contributed by atoms with Crippen LogP contribution in [0, 0.1) is 23.1 Å². The third kappa shape index (κ3) is 1.66. The van der Waals surface area contributed by atoms with Gasteiger partial charge in [-0.1, -0.05) is 6.92 Å². The number of nitrogens with zero attached hydrogens (tertiary/aromatic N) is 1. The first-order chi connectivity index (χ1) is 10.0. The number of hydrogen-bond donors (Lipinski definition) is 1. The summed E-state index contributed by atoms with van der Waals surface area (Å²) in [6.07, 6.45) is 8.05. The number of nitrogens with one attached hydrogen (secondary N) is 1. The molecule has 0 radical (unpaired) electrons. The van der Waals surface area contributed by atoms with Crippen LogP contribution in [0.4, 0.5) is 4.39 Å². The highest BCUT2D eigenvalue weighted by molar-refractivity contribution is 5.75. The van der Waals surface area contributed by atoms with E-state index in [0.29, 0.717) is 5.41 Å². The van der Waals surface area contributed by atoms with Crippen molar-refractivity contribution in [2.75, 3.05) is 0 Å². The fourth-order valence-corrected chi connectivity index (χ4v) is 6.23. The van der Waals surface area contributed by atoms with E-state index in [0.717, 1.165) is 28.7 Å². The summed E-state index contributed by atoms with van der Waals surface area (Å²) in [6.45, 7) is 2.47. The highest BCUT2D eigenvalue weighted by atomic mass is 19.1. The van der Waals surface area contributed by atoms with Gasteiger partial charge in [0.25, 0.3) is 0 Å². The molecule has 4 aliphatic rings. The fourth-order valence-electron chi connectivity index (χ4n) is 6.23. The van der Waals surface area contributed by atoms with Crippen molar-refractivity contribution in [2.45, 2.75) is 50.9 Å². The third-order valence-electron chi connectivity index (χ3n) is 6.30. The van der Waals surface area contributed by atoms with Gasteiger partial charge in [0.1, 0.15) is 11.6 Å². The highest BCUT2D eigenvalue weighted by Gasteiger charge is 2.57. The van der Waals surface area contributed by atoms with E-state index in [1.165, 1.54) is 44.6 Å². The van der Waals surface area contributed by atoms with Crippen LogP contribution < -0.4 is 0 Å². The number of H-pyrrole nitrogens is 1. The molecule has 4 aliphatic carbocycles. The summed E-state index contributed by atoms with van der Waals surface area (Å²) < 4.78 is 13.4. The molecule has 2 unspecified atom stereocenters. The lowest BCUT2D eigenvalue weighted by atomic mass is 9.44. The number of aromatic amines is 1. The van der Waals surface area contributed by atoms with Gasteiger partial charge in [0.15, 0.2) is 0 Å². The molecule has 4 bridgehead atoms. The maximum atomic E-state index is 13.4. The van der Waals surface area contributed by atoms with Crippen LogP contribution >= 0.6 is 0 Å². The Morgan fingerprint density at radius 1 is 1.19 bits per heavy atom.